The van der Waals surface area contributed by atoms with E-state index in [4.69, 9.17) is 11.5 Å². The van der Waals surface area contributed by atoms with Crippen molar-refractivity contribution in [2.75, 3.05) is 19.6 Å². The van der Waals surface area contributed by atoms with E-state index in [-0.39, 0.29) is 5.91 Å². The molecule has 1 atom stereocenters. The molecule has 0 aromatic rings. The molecule has 0 aromatic heterocycles. The van der Waals surface area contributed by atoms with Gasteiger partial charge >= 0.3 is 0 Å². The number of allylic oxidation sites excluding steroid dienone is 2. The van der Waals surface area contributed by atoms with E-state index in [0.717, 1.165) is 19.6 Å². The summed E-state index contributed by atoms with van der Waals surface area (Å²) in [7, 11) is 0. The van der Waals surface area contributed by atoms with Gasteiger partial charge in [0.2, 0.25) is 11.8 Å². The molecule has 1 fully saturated rings. The predicted molar refractivity (Wildman–Crippen MR) is 73.0 cm³/mol. The Kier molecular flexibility index (Phi) is 4.04. The van der Waals surface area contributed by atoms with Crippen LogP contribution < -0.4 is 11.5 Å². The van der Waals surface area contributed by atoms with Crippen LogP contribution in [0.2, 0.25) is 0 Å². The number of primary amides is 2. The summed E-state index contributed by atoms with van der Waals surface area (Å²) in [5, 5.41) is 0. The molecule has 0 radical (unpaired) electrons. The predicted octanol–water partition coefficient (Wildman–Crippen LogP) is 0.316. The van der Waals surface area contributed by atoms with Crippen LogP contribution in [0.5, 0.6) is 0 Å². The maximum Gasteiger partial charge on any atom is 0.244 e. The molecule has 0 bridgehead atoms. The van der Waals surface area contributed by atoms with Gasteiger partial charge in [0.25, 0.3) is 0 Å². The Labute approximate surface area is 113 Å². The fraction of sp³-hybridized carbons (Fsp3) is 0.571. The van der Waals surface area contributed by atoms with Crippen LogP contribution in [0.4, 0.5) is 0 Å². The van der Waals surface area contributed by atoms with Crippen molar-refractivity contribution in [1.82, 2.24) is 4.90 Å². The fourth-order valence-corrected chi connectivity index (χ4v) is 2.80. The largest absolute Gasteiger partial charge is 0.369 e. The van der Waals surface area contributed by atoms with E-state index >= 15 is 0 Å². The van der Waals surface area contributed by atoms with Gasteiger partial charge in [0.1, 0.15) is 0 Å². The summed E-state index contributed by atoms with van der Waals surface area (Å²) in [5.74, 6) is -0.856. The molecule has 1 aliphatic carbocycles. The molecule has 2 aliphatic rings. The van der Waals surface area contributed by atoms with Gasteiger partial charge in [-0.25, -0.2) is 0 Å². The number of hydrogen-bond donors (Lipinski definition) is 2. The summed E-state index contributed by atoms with van der Waals surface area (Å²) in [6.07, 6.45) is 8.60. The van der Waals surface area contributed by atoms with Crippen LogP contribution in [-0.2, 0) is 9.59 Å². The number of hydrogen-bond acceptors (Lipinski definition) is 3. The van der Waals surface area contributed by atoms with Gasteiger partial charge in [-0.2, -0.15) is 0 Å². The van der Waals surface area contributed by atoms with E-state index in [2.05, 4.69) is 4.90 Å². The monoisotopic (exact) mass is 263 g/mol. The van der Waals surface area contributed by atoms with Crippen LogP contribution in [0.15, 0.2) is 23.8 Å². The van der Waals surface area contributed by atoms with Crippen molar-refractivity contribution in [3.8, 4) is 0 Å². The molecule has 4 N–H and O–H groups in total. The highest BCUT2D eigenvalue weighted by molar-refractivity contribution is 5.95. The van der Waals surface area contributed by atoms with Crippen LogP contribution in [-0.4, -0.2) is 36.3 Å². The summed E-state index contributed by atoms with van der Waals surface area (Å²) < 4.78 is 0. The smallest absolute Gasteiger partial charge is 0.244 e. The van der Waals surface area contributed by atoms with E-state index in [0.29, 0.717) is 18.4 Å². The molecule has 0 spiro atoms. The van der Waals surface area contributed by atoms with Crippen LogP contribution in [0.25, 0.3) is 0 Å². The van der Waals surface area contributed by atoms with Gasteiger partial charge in [0.15, 0.2) is 0 Å². The molecule has 5 heteroatoms. The lowest BCUT2D eigenvalue weighted by Gasteiger charge is -2.31. The average Bonchev–Trinajstić information content (AvgIpc) is 2.89. The minimum atomic E-state index is -0.762. The standard InChI is InChI=1S/C14H21N3O2/c15-12(18)11-4-3-5-14(10-11,13(16)19)6-9-17-7-1-2-8-17/h3-5H,1-2,6-10H2,(H2,15,18)(H2,16,19). The molecule has 104 valence electrons. The summed E-state index contributed by atoms with van der Waals surface area (Å²) in [5.41, 5.74) is 10.6. The zero-order chi connectivity index (χ0) is 13.9. The number of carbonyl (C=O) groups is 2. The average molecular weight is 263 g/mol. The zero-order valence-electron chi connectivity index (χ0n) is 11.1. The Hall–Kier alpha value is -1.62. The van der Waals surface area contributed by atoms with Crippen molar-refractivity contribution < 1.29 is 9.59 Å². The number of rotatable bonds is 5. The third-order valence-electron chi connectivity index (χ3n) is 4.10. The molecular weight excluding hydrogens is 242 g/mol. The van der Waals surface area contributed by atoms with Gasteiger partial charge in [-0.1, -0.05) is 18.2 Å². The number of likely N-dealkylation sites (tertiary alicyclic amines) is 1. The van der Waals surface area contributed by atoms with Crippen LogP contribution in [0, 0.1) is 5.41 Å². The first-order chi connectivity index (χ1) is 9.03. The van der Waals surface area contributed by atoms with Gasteiger partial charge in [0, 0.05) is 5.57 Å². The normalized spacial score (nSPS) is 27.3. The van der Waals surface area contributed by atoms with E-state index in [9.17, 15) is 9.59 Å². The van der Waals surface area contributed by atoms with Crippen molar-refractivity contribution in [1.29, 1.82) is 0 Å². The number of nitrogens with zero attached hydrogens (tertiary/aromatic N) is 1. The maximum absolute atomic E-state index is 11.8. The van der Waals surface area contributed by atoms with E-state index in [1.807, 2.05) is 6.08 Å². The molecule has 1 saturated heterocycles. The van der Waals surface area contributed by atoms with Crippen molar-refractivity contribution in [2.24, 2.45) is 16.9 Å². The molecule has 1 unspecified atom stereocenters. The molecule has 1 heterocycles. The lowest BCUT2D eigenvalue weighted by molar-refractivity contribution is -0.126. The van der Waals surface area contributed by atoms with Gasteiger partial charge in [0.05, 0.1) is 5.41 Å². The SMILES string of the molecule is NC(=O)C1=CC=CC(CCN2CCCC2)(C(N)=O)C1. The molecule has 2 rings (SSSR count). The topological polar surface area (TPSA) is 89.4 Å². The van der Waals surface area contributed by atoms with E-state index in [1.165, 1.54) is 12.8 Å². The van der Waals surface area contributed by atoms with Gasteiger partial charge in [-0.05, 0) is 45.3 Å². The minimum Gasteiger partial charge on any atom is -0.369 e. The van der Waals surface area contributed by atoms with E-state index < -0.39 is 11.3 Å². The first kappa shape index (κ1) is 13.8. The molecule has 0 aromatic carbocycles. The number of nitrogens with two attached hydrogens (primary N) is 2. The van der Waals surface area contributed by atoms with Gasteiger partial charge < -0.3 is 16.4 Å². The molecule has 2 amide bonds. The molecule has 5 nitrogen and oxygen atoms in total. The number of amides is 2. The third-order valence-corrected chi connectivity index (χ3v) is 4.10. The summed E-state index contributed by atoms with van der Waals surface area (Å²) in [6, 6.07) is 0. The van der Waals surface area contributed by atoms with Crippen LogP contribution >= 0.6 is 0 Å². The fourth-order valence-electron chi connectivity index (χ4n) is 2.80. The lowest BCUT2D eigenvalue weighted by Crippen LogP contribution is -2.41. The second-order valence-electron chi connectivity index (χ2n) is 5.41. The maximum atomic E-state index is 11.8. The van der Waals surface area contributed by atoms with E-state index in [1.54, 1.807) is 12.2 Å². The first-order valence-corrected chi connectivity index (χ1v) is 6.74. The minimum absolute atomic E-state index is 0.321. The Morgan fingerprint density at radius 2 is 1.95 bits per heavy atom. The number of carbonyl (C=O) groups excluding carboxylic acids is 2. The molecule has 19 heavy (non-hydrogen) atoms. The highest BCUT2D eigenvalue weighted by Crippen LogP contribution is 2.35. The third kappa shape index (κ3) is 3.04. The van der Waals surface area contributed by atoms with Crippen LogP contribution in [0.1, 0.15) is 25.7 Å². The van der Waals surface area contributed by atoms with Crippen molar-refractivity contribution in [3.63, 3.8) is 0 Å². The molecule has 1 aliphatic heterocycles. The Morgan fingerprint density at radius 1 is 1.26 bits per heavy atom. The highest BCUT2D eigenvalue weighted by Gasteiger charge is 2.37. The Morgan fingerprint density at radius 3 is 2.53 bits per heavy atom. The summed E-state index contributed by atoms with van der Waals surface area (Å²) >= 11 is 0. The Balaban J connectivity index is 2.06. The lowest BCUT2D eigenvalue weighted by atomic mass is 9.75. The summed E-state index contributed by atoms with van der Waals surface area (Å²) in [4.78, 5) is 25.4. The highest BCUT2D eigenvalue weighted by atomic mass is 16.1. The summed E-state index contributed by atoms with van der Waals surface area (Å²) in [6.45, 7) is 2.99. The molecule has 0 saturated carbocycles. The van der Waals surface area contributed by atoms with Crippen molar-refractivity contribution in [2.45, 2.75) is 25.7 Å². The van der Waals surface area contributed by atoms with Crippen molar-refractivity contribution >= 4 is 11.8 Å². The Bertz CT molecular complexity index is 436. The van der Waals surface area contributed by atoms with Crippen molar-refractivity contribution in [3.05, 3.63) is 23.8 Å². The molecular formula is C14H21N3O2. The van der Waals surface area contributed by atoms with Gasteiger partial charge in [-0.15, -0.1) is 0 Å². The quantitative estimate of drug-likeness (QED) is 0.748. The zero-order valence-corrected chi connectivity index (χ0v) is 11.1. The second kappa shape index (κ2) is 5.57. The first-order valence-electron chi connectivity index (χ1n) is 6.74. The van der Waals surface area contributed by atoms with Gasteiger partial charge in [-0.3, -0.25) is 9.59 Å². The second-order valence-corrected chi connectivity index (χ2v) is 5.41. The van der Waals surface area contributed by atoms with Crippen LogP contribution in [0.3, 0.4) is 0 Å².